The zero-order chi connectivity index (χ0) is 17.1. The number of hydrogen-bond donors (Lipinski definition) is 1. The highest BCUT2D eigenvalue weighted by Crippen LogP contribution is 2.25. The van der Waals surface area contributed by atoms with Crippen LogP contribution in [0.3, 0.4) is 0 Å². The van der Waals surface area contributed by atoms with Crippen molar-refractivity contribution in [3.8, 4) is 0 Å². The summed E-state index contributed by atoms with van der Waals surface area (Å²) < 4.78 is 10.5. The molecule has 1 saturated heterocycles. The number of nitrogens with one attached hydrogen (secondary N) is 1. The predicted molar refractivity (Wildman–Crippen MR) is 85.1 cm³/mol. The molecular formula is C17H22N2O5. The average molecular weight is 334 g/mol. The van der Waals surface area contributed by atoms with Crippen molar-refractivity contribution in [1.29, 1.82) is 0 Å². The second kappa shape index (κ2) is 7.07. The third-order valence-electron chi connectivity index (χ3n) is 4.50. The van der Waals surface area contributed by atoms with E-state index in [1.54, 1.807) is 17.9 Å². The molecule has 1 N–H and O–H groups in total. The maximum Gasteiger partial charge on any atom is 0.409 e. The zero-order valence-corrected chi connectivity index (χ0v) is 13.8. The van der Waals surface area contributed by atoms with Crippen molar-refractivity contribution >= 4 is 17.8 Å². The number of Topliss-reactive ketones (excluding diaryl/α,β-unsaturated/α-hetero) is 1. The van der Waals surface area contributed by atoms with Crippen LogP contribution in [0.1, 0.15) is 59.3 Å². The summed E-state index contributed by atoms with van der Waals surface area (Å²) >= 11 is 0. The van der Waals surface area contributed by atoms with Crippen LogP contribution in [-0.4, -0.2) is 48.4 Å². The first kappa shape index (κ1) is 16.5. The molecule has 2 aliphatic rings. The van der Waals surface area contributed by atoms with Gasteiger partial charge in [-0.15, -0.1) is 0 Å². The first-order valence-corrected chi connectivity index (χ1v) is 8.47. The molecule has 0 atom stereocenters. The predicted octanol–water partition coefficient (Wildman–Crippen LogP) is 2.15. The van der Waals surface area contributed by atoms with Crippen molar-refractivity contribution in [2.45, 2.75) is 45.1 Å². The Morgan fingerprint density at radius 3 is 2.75 bits per heavy atom. The van der Waals surface area contributed by atoms with Crippen molar-refractivity contribution in [3.63, 3.8) is 0 Å². The number of furan rings is 1. The van der Waals surface area contributed by atoms with Gasteiger partial charge in [-0.2, -0.15) is 0 Å². The molecule has 0 aromatic carbocycles. The van der Waals surface area contributed by atoms with Gasteiger partial charge in [0.1, 0.15) is 5.76 Å². The van der Waals surface area contributed by atoms with Gasteiger partial charge < -0.3 is 19.4 Å². The molecule has 0 unspecified atom stereocenters. The largest absolute Gasteiger partial charge is 0.455 e. The SMILES string of the molecule is CCOC(=O)N1CCC(NC(=O)c2cc3c(o2)CCCC3=O)CC1. The monoisotopic (exact) mass is 334 g/mol. The highest BCUT2D eigenvalue weighted by Gasteiger charge is 2.28. The van der Waals surface area contributed by atoms with Crippen LogP contribution < -0.4 is 5.32 Å². The van der Waals surface area contributed by atoms with Gasteiger partial charge in [0.15, 0.2) is 11.5 Å². The Bertz CT molecular complexity index is 643. The minimum absolute atomic E-state index is 0.0130. The summed E-state index contributed by atoms with van der Waals surface area (Å²) in [5.74, 6) is 0.560. The quantitative estimate of drug-likeness (QED) is 0.915. The molecule has 7 nitrogen and oxygen atoms in total. The summed E-state index contributed by atoms with van der Waals surface area (Å²) in [6.07, 6.45) is 3.02. The molecule has 0 radical (unpaired) electrons. The molecule has 130 valence electrons. The van der Waals surface area contributed by atoms with Gasteiger partial charge in [-0.3, -0.25) is 9.59 Å². The number of likely N-dealkylation sites (tertiary alicyclic amines) is 1. The Balaban J connectivity index is 1.55. The number of fused-ring (bicyclic) bond motifs is 1. The van der Waals surface area contributed by atoms with Gasteiger partial charge in [-0.05, 0) is 26.2 Å². The number of hydrogen-bond acceptors (Lipinski definition) is 5. The van der Waals surface area contributed by atoms with Gasteiger partial charge in [-0.25, -0.2) is 4.79 Å². The summed E-state index contributed by atoms with van der Waals surface area (Å²) in [4.78, 5) is 37.5. The number of nitrogens with zero attached hydrogens (tertiary/aromatic N) is 1. The zero-order valence-electron chi connectivity index (χ0n) is 13.8. The van der Waals surface area contributed by atoms with Crippen molar-refractivity contribution < 1.29 is 23.5 Å². The van der Waals surface area contributed by atoms with Crippen LogP contribution in [-0.2, 0) is 11.2 Å². The van der Waals surface area contributed by atoms with E-state index in [1.165, 1.54) is 0 Å². The lowest BCUT2D eigenvalue weighted by molar-refractivity contribution is 0.0837. The number of rotatable bonds is 3. The Hall–Kier alpha value is -2.31. The van der Waals surface area contributed by atoms with E-state index in [0.717, 1.165) is 6.42 Å². The Morgan fingerprint density at radius 1 is 1.33 bits per heavy atom. The van der Waals surface area contributed by atoms with E-state index in [2.05, 4.69) is 5.32 Å². The fourth-order valence-electron chi connectivity index (χ4n) is 3.18. The first-order valence-electron chi connectivity index (χ1n) is 8.47. The minimum atomic E-state index is -0.306. The summed E-state index contributed by atoms with van der Waals surface area (Å²) in [6, 6.07) is 1.54. The topological polar surface area (TPSA) is 88.8 Å². The van der Waals surface area contributed by atoms with Gasteiger partial charge in [-0.1, -0.05) is 0 Å². The number of carbonyl (C=O) groups excluding carboxylic acids is 3. The Labute approximate surface area is 140 Å². The van der Waals surface area contributed by atoms with Gasteiger partial charge in [0.2, 0.25) is 0 Å². The second-order valence-corrected chi connectivity index (χ2v) is 6.16. The molecule has 0 saturated carbocycles. The van der Waals surface area contributed by atoms with Crippen LogP contribution in [0.4, 0.5) is 4.79 Å². The third-order valence-corrected chi connectivity index (χ3v) is 4.50. The number of carbonyl (C=O) groups is 3. The summed E-state index contributed by atoms with van der Waals surface area (Å²) in [7, 11) is 0. The number of amides is 2. The lowest BCUT2D eigenvalue weighted by Gasteiger charge is -2.31. The Morgan fingerprint density at radius 2 is 2.08 bits per heavy atom. The number of ether oxygens (including phenoxy) is 1. The standard InChI is InChI=1S/C17H22N2O5/c1-2-23-17(22)19-8-6-11(7-9-19)18-16(21)15-10-12-13(20)4-3-5-14(12)24-15/h10-11H,2-9H2,1H3,(H,18,21). The van der Waals surface area contributed by atoms with Crippen molar-refractivity contribution in [1.82, 2.24) is 10.2 Å². The highest BCUT2D eigenvalue weighted by molar-refractivity contribution is 6.01. The fraction of sp³-hybridized carbons (Fsp3) is 0.588. The van der Waals surface area contributed by atoms with E-state index < -0.39 is 0 Å². The molecule has 1 aromatic rings. The number of aryl methyl sites for hydroxylation is 1. The molecule has 0 spiro atoms. The molecule has 0 bridgehead atoms. The molecule has 1 aromatic heterocycles. The molecule has 1 aliphatic carbocycles. The number of ketones is 1. The average Bonchev–Trinajstić information content (AvgIpc) is 3.01. The highest BCUT2D eigenvalue weighted by atomic mass is 16.6. The van der Waals surface area contributed by atoms with Crippen LogP contribution in [0.5, 0.6) is 0 Å². The third kappa shape index (κ3) is 3.44. The van der Waals surface area contributed by atoms with Crippen molar-refractivity contribution in [2.24, 2.45) is 0 Å². The van der Waals surface area contributed by atoms with Gasteiger partial charge in [0, 0.05) is 38.0 Å². The van der Waals surface area contributed by atoms with E-state index in [1.807, 2.05) is 0 Å². The van der Waals surface area contributed by atoms with Crippen LogP contribution in [0.2, 0.25) is 0 Å². The molecule has 2 amide bonds. The fourth-order valence-corrected chi connectivity index (χ4v) is 3.18. The van der Waals surface area contributed by atoms with E-state index in [4.69, 9.17) is 9.15 Å². The Kier molecular flexibility index (Phi) is 4.87. The van der Waals surface area contributed by atoms with E-state index in [0.29, 0.717) is 56.7 Å². The van der Waals surface area contributed by atoms with E-state index in [9.17, 15) is 14.4 Å². The maximum absolute atomic E-state index is 12.3. The molecule has 2 heterocycles. The number of piperidine rings is 1. The summed E-state index contributed by atoms with van der Waals surface area (Å²) in [6.45, 7) is 3.24. The van der Waals surface area contributed by atoms with Gasteiger partial charge in [0.25, 0.3) is 5.91 Å². The lowest BCUT2D eigenvalue weighted by Crippen LogP contribution is -2.46. The van der Waals surface area contributed by atoms with Crippen molar-refractivity contribution in [3.05, 3.63) is 23.2 Å². The molecular weight excluding hydrogens is 312 g/mol. The molecule has 3 rings (SSSR count). The normalized spacial score (nSPS) is 18.2. The molecule has 1 fully saturated rings. The second-order valence-electron chi connectivity index (χ2n) is 6.16. The van der Waals surface area contributed by atoms with Gasteiger partial charge >= 0.3 is 6.09 Å². The van der Waals surface area contributed by atoms with Crippen LogP contribution in [0, 0.1) is 0 Å². The maximum atomic E-state index is 12.3. The lowest BCUT2D eigenvalue weighted by atomic mass is 9.97. The van der Waals surface area contributed by atoms with E-state index >= 15 is 0 Å². The van der Waals surface area contributed by atoms with Crippen molar-refractivity contribution in [2.75, 3.05) is 19.7 Å². The van der Waals surface area contributed by atoms with E-state index in [-0.39, 0.29) is 29.6 Å². The molecule has 24 heavy (non-hydrogen) atoms. The first-order chi connectivity index (χ1) is 11.6. The molecule has 1 aliphatic heterocycles. The molecule has 7 heteroatoms. The summed E-state index contributed by atoms with van der Waals surface area (Å²) in [5.41, 5.74) is 0.545. The van der Waals surface area contributed by atoms with Crippen LogP contribution in [0.15, 0.2) is 10.5 Å². The smallest absolute Gasteiger partial charge is 0.409 e. The summed E-state index contributed by atoms with van der Waals surface area (Å²) in [5, 5.41) is 2.93. The van der Waals surface area contributed by atoms with Crippen LogP contribution in [0.25, 0.3) is 0 Å². The van der Waals surface area contributed by atoms with Crippen LogP contribution >= 0.6 is 0 Å². The minimum Gasteiger partial charge on any atom is -0.455 e. The van der Waals surface area contributed by atoms with Gasteiger partial charge in [0.05, 0.1) is 12.2 Å².